The number of amides is 1. The number of hydrogen-bond acceptors (Lipinski definition) is 1. The smallest absolute Gasteiger partial charge is 0.220 e. The first kappa shape index (κ1) is 9.30. The summed E-state index contributed by atoms with van der Waals surface area (Å²) in [6.45, 7) is 10.0. The van der Waals surface area contributed by atoms with Gasteiger partial charge < -0.3 is 4.90 Å². The van der Waals surface area contributed by atoms with Crippen LogP contribution < -0.4 is 0 Å². The summed E-state index contributed by atoms with van der Waals surface area (Å²) >= 11 is 0. The van der Waals surface area contributed by atoms with Crippen molar-refractivity contribution in [3.05, 3.63) is 11.1 Å². The molecule has 0 aliphatic carbocycles. The molecule has 0 N–H and O–H groups in total. The molecule has 2 atom stereocenters. The standard InChI is InChI=1S/C10H17NO/c1-6-7(2)9(4)11(8(6)3)10(5)12/h8-9H,1-5H3/t8-,9+. The van der Waals surface area contributed by atoms with Gasteiger partial charge in [-0.1, -0.05) is 11.1 Å². The van der Waals surface area contributed by atoms with Gasteiger partial charge in [-0.05, 0) is 27.7 Å². The molecule has 2 heteroatoms. The Balaban J connectivity index is 2.95. The molecular weight excluding hydrogens is 150 g/mol. The van der Waals surface area contributed by atoms with Crippen molar-refractivity contribution in [1.82, 2.24) is 4.90 Å². The first-order valence-electron chi connectivity index (χ1n) is 4.43. The molecule has 1 aliphatic rings. The molecule has 2 nitrogen and oxygen atoms in total. The molecule has 0 spiro atoms. The normalized spacial score (nSPS) is 29.9. The average Bonchev–Trinajstić information content (AvgIpc) is 2.16. The van der Waals surface area contributed by atoms with E-state index in [-0.39, 0.29) is 18.0 Å². The minimum atomic E-state index is 0.172. The molecule has 12 heavy (non-hydrogen) atoms. The van der Waals surface area contributed by atoms with Crippen LogP contribution in [0.4, 0.5) is 0 Å². The van der Waals surface area contributed by atoms with Crippen molar-refractivity contribution in [3.8, 4) is 0 Å². The van der Waals surface area contributed by atoms with E-state index in [0.29, 0.717) is 0 Å². The first-order chi connectivity index (χ1) is 5.46. The van der Waals surface area contributed by atoms with Crippen molar-refractivity contribution in [3.63, 3.8) is 0 Å². The Kier molecular flexibility index (Phi) is 2.27. The summed E-state index contributed by atoms with van der Waals surface area (Å²) < 4.78 is 0. The Bertz CT molecular complexity index is 224. The van der Waals surface area contributed by atoms with E-state index in [0.717, 1.165) is 0 Å². The van der Waals surface area contributed by atoms with Crippen LogP contribution in [0.15, 0.2) is 11.1 Å². The summed E-state index contributed by atoms with van der Waals surface area (Å²) in [5.41, 5.74) is 2.69. The number of nitrogens with zero attached hydrogens (tertiary/aromatic N) is 1. The van der Waals surface area contributed by atoms with E-state index in [1.807, 2.05) is 4.90 Å². The van der Waals surface area contributed by atoms with Crippen LogP contribution in [-0.2, 0) is 4.79 Å². The lowest BCUT2D eigenvalue weighted by molar-refractivity contribution is -0.130. The van der Waals surface area contributed by atoms with Gasteiger partial charge in [-0.25, -0.2) is 0 Å². The highest BCUT2D eigenvalue weighted by atomic mass is 16.2. The van der Waals surface area contributed by atoms with E-state index >= 15 is 0 Å². The maximum absolute atomic E-state index is 11.3. The van der Waals surface area contributed by atoms with Crippen LogP contribution in [0.25, 0.3) is 0 Å². The highest BCUT2D eigenvalue weighted by molar-refractivity contribution is 5.75. The molecule has 1 amide bonds. The fourth-order valence-corrected chi connectivity index (χ4v) is 1.96. The fourth-order valence-electron chi connectivity index (χ4n) is 1.96. The van der Waals surface area contributed by atoms with Crippen LogP contribution >= 0.6 is 0 Å². The van der Waals surface area contributed by atoms with Gasteiger partial charge in [0.25, 0.3) is 0 Å². The van der Waals surface area contributed by atoms with Gasteiger partial charge in [-0.2, -0.15) is 0 Å². The third kappa shape index (κ3) is 1.15. The van der Waals surface area contributed by atoms with E-state index < -0.39 is 0 Å². The van der Waals surface area contributed by atoms with Crippen molar-refractivity contribution < 1.29 is 4.79 Å². The Morgan fingerprint density at radius 2 is 1.50 bits per heavy atom. The number of rotatable bonds is 0. The largest absolute Gasteiger partial charge is 0.330 e. The van der Waals surface area contributed by atoms with Crippen molar-refractivity contribution in [2.24, 2.45) is 0 Å². The van der Waals surface area contributed by atoms with Gasteiger partial charge in [0.15, 0.2) is 0 Å². The van der Waals surface area contributed by atoms with Gasteiger partial charge in [-0.3, -0.25) is 4.79 Å². The molecule has 1 rings (SSSR count). The first-order valence-corrected chi connectivity index (χ1v) is 4.43. The lowest BCUT2D eigenvalue weighted by Gasteiger charge is -2.26. The third-order valence-corrected chi connectivity index (χ3v) is 3.07. The second kappa shape index (κ2) is 2.92. The molecule has 0 aromatic heterocycles. The van der Waals surface area contributed by atoms with Crippen LogP contribution in [0.5, 0.6) is 0 Å². The summed E-state index contributed by atoms with van der Waals surface area (Å²) in [4.78, 5) is 13.2. The quantitative estimate of drug-likeness (QED) is 0.505. The van der Waals surface area contributed by atoms with Gasteiger partial charge >= 0.3 is 0 Å². The monoisotopic (exact) mass is 167 g/mol. The lowest BCUT2D eigenvalue weighted by atomic mass is 10.1. The van der Waals surface area contributed by atoms with E-state index in [4.69, 9.17) is 0 Å². The van der Waals surface area contributed by atoms with E-state index in [2.05, 4.69) is 27.7 Å². The predicted molar refractivity (Wildman–Crippen MR) is 49.8 cm³/mol. The summed E-state index contributed by atoms with van der Waals surface area (Å²) in [5.74, 6) is 0.172. The van der Waals surface area contributed by atoms with Crippen molar-refractivity contribution >= 4 is 5.91 Å². The van der Waals surface area contributed by atoms with Crippen LogP contribution in [0.3, 0.4) is 0 Å². The zero-order chi connectivity index (χ0) is 9.46. The van der Waals surface area contributed by atoms with Crippen molar-refractivity contribution in [1.29, 1.82) is 0 Å². The molecule has 0 aromatic rings. The summed E-state index contributed by atoms with van der Waals surface area (Å²) in [7, 11) is 0. The minimum absolute atomic E-state index is 0.172. The van der Waals surface area contributed by atoms with Gasteiger partial charge in [0.1, 0.15) is 0 Å². The van der Waals surface area contributed by atoms with Gasteiger partial charge in [0.2, 0.25) is 5.91 Å². The summed E-state index contributed by atoms with van der Waals surface area (Å²) in [5, 5.41) is 0. The van der Waals surface area contributed by atoms with Crippen LogP contribution in [0.2, 0.25) is 0 Å². The highest BCUT2D eigenvalue weighted by Gasteiger charge is 2.32. The molecule has 1 heterocycles. The second-order valence-electron chi connectivity index (χ2n) is 3.64. The molecular formula is C10H17NO. The van der Waals surface area contributed by atoms with E-state index in [1.54, 1.807) is 6.92 Å². The molecule has 0 bridgehead atoms. The molecule has 0 fully saturated rings. The molecule has 68 valence electrons. The Morgan fingerprint density at radius 1 is 1.17 bits per heavy atom. The Hall–Kier alpha value is -0.790. The summed E-state index contributed by atoms with van der Waals surface area (Å²) in [6, 6.07) is 0.579. The summed E-state index contributed by atoms with van der Waals surface area (Å²) in [6.07, 6.45) is 0. The molecule has 0 saturated heterocycles. The van der Waals surface area contributed by atoms with Crippen LogP contribution in [0, 0.1) is 0 Å². The predicted octanol–water partition coefficient (Wildman–Crippen LogP) is 1.96. The van der Waals surface area contributed by atoms with Gasteiger partial charge in [-0.15, -0.1) is 0 Å². The molecule has 0 radical (unpaired) electrons. The second-order valence-corrected chi connectivity index (χ2v) is 3.64. The highest BCUT2D eigenvalue weighted by Crippen LogP contribution is 2.29. The molecule has 0 saturated carbocycles. The number of carbonyl (C=O) groups is 1. The Labute approximate surface area is 74.2 Å². The topological polar surface area (TPSA) is 20.3 Å². The molecule has 0 unspecified atom stereocenters. The fraction of sp³-hybridized carbons (Fsp3) is 0.700. The zero-order valence-electron chi connectivity index (χ0n) is 8.51. The maximum Gasteiger partial charge on any atom is 0.220 e. The third-order valence-electron chi connectivity index (χ3n) is 3.07. The lowest BCUT2D eigenvalue weighted by Crippen LogP contribution is -2.38. The van der Waals surface area contributed by atoms with E-state index in [1.165, 1.54) is 11.1 Å². The molecule has 0 aromatic carbocycles. The van der Waals surface area contributed by atoms with E-state index in [9.17, 15) is 4.79 Å². The number of carbonyl (C=O) groups excluding carboxylic acids is 1. The maximum atomic E-state index is 11.3. The van der Waals surface area contributed by atoms with Crippen LogP contribution in [-0.4, -0.2) is 22.9 Å². The minimum Gasteiger partial charge on any atom is -0.330 e. The zero-order valence-corrected chi connectivity index (χ0v) is 8.51. The SMILES string of the molecule is CC(=O)N1[C@H](C)C(C)=C(C)[C@@H]1C. The van der Waals surface area contributed by atoms with Crippen molar-refractivity contribution in [2.75, 3.05) is 0 Å². The van der Waals surface area contributed by atoms with Gasteiger partial charge in [0, 0.05) is 6.92 Å². The van der Waals surface area contributed by atoms with Crippen molar-refractivity contribution in [2.45, 2.75) is 46.7 Å². The average molecular weight is 167 g/mol. The van der Waals surface area contributed by atoms with Gasteiger partial charge in [0.05, 0.1) is 12.1 Å². The number of hydrogen-bond donors (Lipinski definition) is 0. The molecule has 1 aliphatic heterocycles. The van der Waals surface area contributed by atoms with Crippen LogP contribution in [0.1, 0.15) is 34.6 Å². The Morgan fingerprint density at radius 3 is 1.67 bits per heavy atom.